The van der Waals surface area contributed by atoms with Crippen LogP contribution < -0.4 is 21.1 Å². The predicted molar refractivity (Wildman–Crippen MR) is 79.7 cm³/mol. The van der Waals surface area contributed by atoms with Crippen molar-refractivity contribution in [2.45, 2.75) is 0 Å². The second-order valence-electron chi connectivity index (χ2n) is 4.10. The molecule has 0 aliphatic carbocycles. The van der Waals surface area contributed by atoms with Gasteiger partial charge in [-0.05, 0) is 13.1 Å². The third-order valence-electron chi connectivity index (χ3n) is 2.67. The molecular weight excluding hydrogens is 276 g/mol. The second kappa shape index (κ2) is 7.85. The van der Waals surface area contributed by atoms with E-state index in [-0.39, 0.29) is 22.7 Å². The van der Waals surface area contributed by atoms with E-state index in [2.05, 4.69) is 10.6 Å². The molecule has 0 aromatic heterocycles. The van der Waals surface area contributed by atoms with Crippen LogP contribution in [0.15, 0.2) is 24.3 Å². The van der Waals surface area contributed by atoms with Crippen molar-refractivity contribution in [2.75, 3.05) is 32.6 Å². The first kappa shape index (κ1) is 16.4. The number of hydrogen-bond donors (Lipinski definition) is 3. The molecule has 4 N–H and O–H groups in total. The molecule has 0 radical (unpaired) electrons. The lowest BCUT2D eigenvalue weighted by Gasteiger charge is -2.11. The van der Waals surface area contributed by atoms with Gasteiger partial charge in [0, 0.05) is 24.7 Å². The number of ether oxygens (including phenoxy) is 1. The number of anilines is 1. The minimum atomic E-state index is -0.753. The molecule has 0 unspecified atom stereocenters. The fraction of sp³-hybridized carbons (Fsp3) is 0.308. The number of amides is 1. The summed E-state index contributed by atoms with van der Waals surface area (Å²) in [6.45, 7) is 1.08. The van der Waals surface area contributed by atoms with Crippen molar-refractivity contribution >= 4 is 17.3 Å². The number of hydrogen-bond acceptors (Lipinski definition) is 6. The van der Waals surface area contributed by atoms with Gasteiger partial charge in [-0.15, -0.1) is 0 Å². The average Bonchev–Trinajstić information content (AvgIpc) is 2.46. The molecule has 8 nitrogen and oxygen atoms in total. The maximum absolute atomic E-state index is 11.2. The van der Waals surface area contributed by atoms with Gasteiger partial charge in [-0.1, -0.05) is 12.2 Å². The molecule has 0 heterocycles. The van der Waals surface area contributed by atoms with Crippen molar-refractivity contribution in [1.29, 1.82) is 0 Å². The molecule has 0 spiro atoms. The molecule has 0 aliphatic rings. The smallest absolute Gasteiger partial charge is 0.296 e. The van der Waals surface area contributed by atoms with E-state index < -0.39 is 10.8 Å². The third-order valence-corrected chi connectivity index (χ3v) is 2.67. The van der Waals surface area contributed by atoms with Crippen LogP contribution >= 0.6 is 0 Å². The van der Waals surface area contributed by atoms with Gasteiger partial charge in [-0.3, -0.25) is 14.9 Å². The van der Waals surface area contributed by atoms with Crippen molar-refractivity contribution in [3.63, 3.8) is 0 Å². The zero-order valence-electron chi connectivity index (χ0n) is 11.9. The summed E-state index contributed by atoms with van der Waals surface area (Å²) < 4.78 is 5.09. The average molecular weight is 294 g/mol. The number of benzene rings is 1. The van der Waals surface area contributed by atoms with Crippen molar-refractivity contribution < 1.29 is 14.5 Å². The van der Waals surface area contributed by atoms with Gasteiger partial charge in [0.25, 0.3) is 5.69 Å². The number of rotatable bonds is 8. The van der Waals surface area contributed by atoms with E-state index in [0.29, 0.717) is 13.1 Å². The van der Waals surface area contributed by atoms with E-state index >= 15 is 0 Å². The first-order valence-electron chi connectivity index (χ1n) is 6.21. The minimum Gasteiger partial charge on any atom is -0.494 e. The molecule has 21 heavy (non-hydrogen) atoms. The number of carbonyl (C=O) groups excluding carboxylic acids is 1. The summed E-state index contributed by atoms with van der Waals surface area (Å²) in [4.78, 5) is 21.7. The molecule has 1 aromatic rings. The molecule has 8 heteroatoms. The maximum atomic E-state index is 11.2. The highest BCUT2D eigenvalue weighted by Gasteiger charge is 2.21. The number of nitrogens with two attached hydrogens (primary N) is 1. The SMILES string of the molecule is CNC/C=C/CNc1c(OC)cc(C(N)=O)cc1[N+](=O)[O-]. The highest BCUT2D eigenvalue weighted by Crippen LogP contribution is 2.35. The van der Waals surface area contributed by atoms with Crippen LogP contribution in [0.4, 0.5) is 11.4 Å². The summed E-state index contributed by atoms with van der Waals surface area (Å²) in [6, 6.07) is 2.50. The van der Waals surface area contributed by atoms with E-state index in [1.807, 2.05) is 19.2 Å². The van der Waals surface area contributed by atoms with Crippen LogP contribution in [0.5, 0.6) is 5.75 Å². The quantitative estimate of drug-likeness (QED) is 0.372. The van der Waals surface area contributed by atoms with Crippen molar-refractivity contribution in [1.82, 2.24) is 5.32 Å². The Morgan fingerprint density at radius 2 is 2.10 bits per heavy atom. The highest BCUT2D eigenvalue weighted by atomic mass is 16.6. The molecule has 0 fully saturated rings. The van der Waals surface area contributed by atoms with E-state index in [4.69, 9.17) is 10.5 Å². The Hall–Kier alpha value is -2.61. The number of likely N-dealkylation sites (N-methyl/N-ethyl adjacent to an activating group) is 1. The van der Waals surface area contributed by atoms with Crippen molar-refractivity contribution in [2.24, 2.45) is 5.73 Å². The van der Waals surface area contributed by atoms with E-state index in [9.17, 15) is 14.9 Å². The maximum Gasteiger partial charge on any atom is 0.296 e. The molecule has 1 rings (SSSR count). The summed E-state index contributed by atoms with van der Waals surface area (Å²) in [7, 11) is 3.18. The molecule has 0 saturated heterocycles. The molecule has 0 bridgehead atoms. The summed E-state index contributed by atoms with van der Waals surface area (Å²) >= 11 is 0. The van der Waals surface area contributed by atoms with Crippen molar-refractivity contribution in [3.05, 3.63) is 40.0 Å². The lowest BCUT2D eigenvalue weighted by atomic mass is 10.1. The van der Waals surface area contributed by atoms with Crippen molar-refractivity contribution in [3.8, 4) is 5.75 Å². The van der Waals surface area contributed by atoms with E-state index in [0.717, 1.165) is 6.07 Å². The number of nitro benzene ring substituents is 1. The summed E-state index contributed by atoms with van der Waals surface area (Å²) in [5.41, 5.74) is 5.13. The predicted octanol–water partition coefficient (Wildman–Crippen LogP) is 0.890. The normalized spacial score (nSPS) is 10.6. The summed E-state index contributed by atoms with van der Waals surface area (Å²) in [6.07, 6.45) is 3.70. The zero-order valence-corrected chi connectivity index (χ0v) is 11.9. The van der Waals surface area contributed by atoms with Gasteiger partial charge in [-0.25, -0.2) is 0 Å². The zero-order chi connectivity index (χ0) is 15.8. The molecule has 0 atom stereocenters. The van der Waals surface area contributed by atoms with Crippen LogP contribution in [0.25, 0.3) is 0 Å². The largest absolute Gasteiger partial charge is 0.494 e. The molecule has 1 aromatic carbocycles. The Labute approximate surface area is 122 Å². The van der Waals surface area contributed by atoms with Crippen LogP contribution in [0.3, 0.4) is 0 Å². The van der Waals surface area contributed by atoms with Crippen LogP contribution in [-0.2, 0) is 0 Å². The lowest BCUT2D eigenvalue weighted by Crippen LogP contribution is -2.13. The van der Waals surface area contributed by atoms with Crippen LogP contribution in [0.1, 0.15) is 10.4 Å². The molecule has 0 saturated carbocycles. The second-order valence-corrected chi connectivity index (χ2v) is 4.10. The van der Waals surface area contributed by atoms with Gasteiger partial charge in [0.1, 0.15) is 5.75 Å². The molecule has 114 valence electrons. The molecule has 0 aliphatic heterocycles. The number of methoxy groups -OCH3 is 1. The first-order chi connectivity index (χ1) is 10.0. The van der Waals surface area contributed by atoms with E-state index in [1.54, 1.807) is 0 Å². The fourth-order valence-electron chi connectivity index (χ4n) is 1.67. The van der Waals surface area contributed by atoms with Crippen LogP contribution in [0.2, 0.25) is 0 Å². The number of primary amides is 1. The highest BCUT2D eigenvalue weighted by molar-refractivity contribution is 5.95. The summed E-state index contributed by atoms with van der Waals surface area (Å²) in [5.74, 6) is -0.558. The van der Waals surface area contributed by atoms with Gasteiger partial charge in [0.2, 0.25) is 5.91 Å². The Bertz CT molecular complexity index is 557. The van der Waals surface area contributed by atoms with Gasteiger partial charge in [0.15, 0.2) is 5.69 Å². The molecular formula is C13H18N4O4. The number of carbonyl (C=O) groups is 1. The molecule has 1 amide bonds. The fourth-order valence-corrected chi connectivity index (χ4v) is 1.67. The standard InChI is InChI=1S/C13H18N4O4/c1-15-5-3-4-6-16-12-10(17(19)20)7-9(13(14)18)8-11(12)21-2/h3-4,7-8,15-16H,5-6H2,1-2H3,(H2,14,18)/b4-3+. The third kappa shape index (κ3) is 4.46. The Balaban J connectivity index is 3.10. The first-order valence-corrected chi connectivity index (χ1v) is 6.21. The summed E-state index contributed by atoms with van der Waals surface area (Å²) in [5, 5.41) is 17.0. The van der Waals surface area contributed by atoms with Gasteiger partial charge in [-0.2, -0.15) is 0 Å². The number of nitrogens with zero attached hydrogens (tertiary/aromatic N) is 1. The van der Waals surface area contributed by atoms with E-state index in [1.165, 1.54) is 13.2 Å². The van der Waals surface area contributed by atoms with Crippen LogP contribution in [-0.4, -0.2) is 38.1 Å². The van der Waals surface area contributed by atoms with Crippen LogP contribution in [0, 0.1) is 10.1 Å². The Kier molecular flexibility index (Phi) is 6.15. The Morgan fingerprint density at radius 3 is 2.62 bits per heavy atom. The Morgan fingerprint density at radius 1 is 1.43 bits per heavy atom. The minimum absolute atomic E-state index is 0.0230. The lowest BCUT2D eigenvalue weighted by molar-refractivity contribution is -0.384. The van der Waals surface area contributed by atoms with Gasteiger partial charge in [0.05, 0.1) is 12.0 Å². The monoisotopic (exact) mass is 294 g/mol. The number of nitro groups is 1. The topological polar surface area (TPSA) is 120 Å². The van der Waals surface area contributed by atoms with Gasteiger partial charge < -0.3 is 21.1 Å². The van der Waals surface area contributed by atoms with Gasteiger partial charge >= 0.3 is 0 Å². The number of nitrogens with one attached hydrogen (secondary N) is 2.